The molecule has 0 unspecified atom stereocenters. The van der Waals surface area contributed by atoms with Crippen LogP contribution in [0.25, 0.3) is 0 Å². The lowest BCUT2D eigenvalue weighted by atomic mass is 10.1. The summed E-state index contributed by atoms with van der Waals surface area (Å²) in [6.45, 7) is 0. The van der Waals surface area contributed by atoms with E-state index < -0.39 is 5.97 Å². The highest BCUT2D eigenvalue weighted by atomic mass is 35.5. The number of aromatic carboxylic acids is 1. The number of rotatable bonds is 3. The molecule has 1 aromatic carbocycles. The number of halogens is 1. The lowest BCUT2D eigenvalue weighted by molar-refractivity contribution is 0.0697. The normalized spacial score (nSPS) is 16.8. The lowest BCUT2D eigenvalue weighted by Crippen LogP contribution is -2.24. The second kappa shape index (κ2) is 5.65. The monoisotopic (exact) mass is 271 g/mol. The van der Waals surface area contributed by atoms with Gasteiger partial charge in [-0.1, -0.05) is 11.6 Å². The van der Waals surface area contributed by atoms with Crippen LogP contribution in [0.3, 0.4) is 0 Å². The van der Waals surface area contributed by atoms with Gasteiger partial charge in [-0.05, 0) is 42.5 Å². The summed E-state index contributed by atoms with van der Waals surface area (Å²) in [4.78, 5) is 11.0. The van der Waals surface area contributed by atoms with Crippen molar-refractivity contribution in [1.29, 1.82) is 0 Å². The van der Waals surface area contributed by atoms with Gasteiger partial charge in [-0.2, -0.15) is 11.8 Å². The van der Waals surface area contributed by atoms with Crippen molar-refractivity contribution in [3.05, 3.63) is 28.8 Å². The highest BCUT2D eigenvalue weighted by molar-refractivity contribution is 7.99. The Balaban J connectivity index is 2.10. The molecule has 0 amide bonds. The van der Waals surface area contributed by atoms with Crippen LogP contribution in [0.1, 0.15) is 23.2 Å². The topological polar surface area (TPSA) is 49.3 Å². The average Bonchev–Trinajstić information content (AvgIpc) is 2.32. The quantitative estimate of drug-likeness (QED) is 0.885. The molecule has 0 bridgehead atoms. The lowest BCUT2D eigenvalue weighted by Gasteiger charge is -2.23. The van der Waals surface area contributed by atoms with E-state index in [4.69, 9.17) is 16.7 Å². The molecule has 0 aliphatic carbocycles. The van der Waals surface area contributed by atoms with Crippen LogP contribution in [-0.4, -0.2) is 28.6 Å². The summed E-state index contributed by atoms with van der Waals surface area (Å²) in [5.74, 6) is 1.34. The van der Waals surface area contributed by atoms with Gasteiger partial charge in [0.25, 0.3) is 0 Å². The van der Waals surface area contributed by atoms with Crippen LogP contribution in [0, 0.1) is 0 Å². The van der Waals surface area contributed by atoms with Crippen LogP contribution in [0.15, 0.2) is 18.2 Å². The highest BCUT2D eigenvalue weighted by Gasteiger charge is 2.15. The molecule has 3 nitrogen and oxygen atoms in total. The molecule has 0 atom stereocenters. The van der Waals surface area contributed by atoms with E-state index >= 15 is 0 Å². The Kier molecular flexibility index (Phi) is 4.18. The predicted molar refractivity (Wildman–Crippen MR) is 72.4 cm³/mol. The third kappa shape index (κ3) is 3.30. The molecule has 0 aromatic heterocycles. The molecular formula is C12H14ClNO2S. The summed E-state index contributed by atoms with van der Waals surface area (Å²) in [5, 5.41) is 12.6. The van der Waals surface area contributed by atoms with Gasteiger partial charge in [-0.25, -0.2) is 4.79 Å². The van der Waals surface area contributed by atoms with Gasteiger partial charge < -0.3 is 10.4 Å². The number of carbonyl (C=O) groups is 1. The molecular weight excluding hydrogens is 258 g/mol. The predicted octanol–water partition coefficient (Wildman–Crippen LogP) is 3.35. The van der Waals surface area contributed by atoms with Gasteiger partial charge in [0.1, 0.15) is 0 Å². The highest BCUT2D eigenvalue weighted by Crippen LogP contribution is 2.24. The van der Waals surface area contributed by atoms with Gasteiger partial charge >= 0.3 is 5.97 Å². The number of benzene rings is 1. The molecule has 0 radical (unpaired) electrons. The SMILES string of the molecule is O=C(O)c1cc(NC2CCSCC2)ccc1Cl. The Labute approximate surface area is 110 Å². The Morgan fingerprint density at radius 1 is 1.41 bits per heavy atom. The number of nitrogens with one attached hydrogen (secondary N) is 1. The van der Waals surface area contributed by atoms with Crippen molar-refractivity contribution in [2.24, 2.45) is 0 Å². The van der Waals surface area contributed by atoms with Crippen molar-refractivity contribution in [3.8, 4) is 0 Å². The van der Waals surface area contributed by atoms with Gasteiger partial charge in [-0.15, -0.1) is 0 Å². The number of anilines is 1. The summed E-state index contributed by atoms with van der Waals surface area (Å²) < 4.78 is 0. The first kappa shape index (κ1) is 12.6. The first-order valence-corrected chi connectivity index (χ1v) is 7.07. The van der Waals surface area contributed by atoms with Crippen molar-refractivity contribution in [1.82, 2.24) is 0 Å². The maximum absolute atomic E-state index is 11.0. The van der Waals surface area contributed by atoms with E-state index in [0.717, 1.165) is 30.0 Å². The zero-order valence-corrected chi connectivity index (χ0v) is 10.9. The summed E-state index contributed by atoms with van der Waals surface area (Å²) in [7, 11) is 0. The fourth-order valence-electron chi connectivity index (χ4n) is 1.86. The van der Waals surface area contributed by atoms with E-state index in [1.165, 1.54) is 0 Å². The minimum absolute atomic E-state index is 0.154. The average molecular weight is 272 g/mol. The second-order valence-electron chi connectivity index (χ2n) is 4.03. The molecule has 17 heavy (non-hydrogen) atoms. The van der Waals surface area contributed by atoms with Crippen LogP contribution in [0.4, 0.5) is 5.69 Å². The number of hydrogen-bond donors (Lipinski definition) is 2. The number of carboxylic acids is 1. The van der Waals surface area contributed by atoms with Crippen molar-refractivity contribution in [2.45, 2.75) is 18.9 Å². The molecule has 5 heteroatoms. The molecule has 1 aromatic rings. The van der Waals surface area contributed by atoms with Crippen LogP contribution >= 0.6 is 23.4 Å². The third-order valence-electron chi connectivity index (χ3n) is 2.79. The van der Waals surface area contributed by atoms with Crippen LogP contribution in [0.5, 0.6) is 0 Å². The minimum Gasteiger partial charge on any atom is -0.478 e. The molecule has 0 spiro atoms. The van der Waals surface area contributed by atoms with E-state index in [1.54, 1.807) is 12.1 Å². The van der Waals surface area contributed by atoms with E-state index in [-0.39, 0.29) is 10.6 Å². The zero-order valence-electron chi connectivity index (χ0n) is 9.28. The number of hydrogen-bond acceptors (Lipinski definition) is 3. The van der Waals surface area contributed by atoms with Gasteiger partial charge in [0.05, 0.1) is 10.6 Å². The Bertz CT molecular complexity index is 419. The van der Waals surface area contributed by atoms with Crippen molar-refractivity contribution in [2.75, 3.05) is 16.8 Å². The minimum atomic E-state index is -0.988. The van der Waals surface area contributed by atoms with Crippen molar-refractivity contribution >= 4 is 35.0 Å². The van der Waals surface area contributed by atoms with Gasteiger partial charge in [0.15, 0.2) is 0 Å². The van der Waals surface area contributed by atoms with Crippen molar-refractivity contribution < 1.29 is 9.90 Å². The molecule has 1 fully saturated rings. The van der Waals surface area contributed by atoms with E-state index in [0.29, 0.717) is 6.04 Å². The molecule has 1 aliphatic heterocycles. The summed E-state index contributed by atoms with van der Waals surface area (Å²) in [5.41, 5.74) is 0.991. The smallest absolute Gasteiger partial charge is 0.337 e. The maximum atomic E-state index is 11.0. The fourth-order valence-corrected chi connectivity index (χ4v) is 3.16. The van der Waals surface area contributed by atoms with Gasteiger partial charge in [0, 0.05) is 11.7 Å². The standard InChI is InChI=1S/C12H14ClNO2S/c13-11-2-1-9(7-10(11)12(15)16)14-8-3-5-17-6-4-8/h1-2,7-8,14H,3-6H2,(H,15,16). The molecule has 1 aliphatic rings. The second-order valence-corrected chi connectivity index (χ2v) is 5.66. The first-order valence-electron chi connectivity index (χ1n) is 5.54. The van der Waals surface area contributed by atoms with E-state index in [2.05, 4.69) is 5.32 Å². The van der Waals surface area contributed by atoms with E-state index in [1.807, 2.05) is 17.8 Å². The maximum Gasteiger partial charge on any atom is 0.337 e. The summed E-state index contributed by atoms with van der Waals surface area (Å²) in [6.07, 6.45) is 2.24. The molecule has 2 rings (SSSR count). The Morgan fingerprint density at radius 2 is 2.12 bits per heavy atom. The van der Waals surface area contributed by atoms with Gasteiger partial charge in [-0.3, -0.25) is 0 Å². The molecule has 1 saturated heterocycles. The van der Waals surface area contributed by atoms with Gasteiger partial charge in [0.2, 0.25) is 0 Å². The van der Waals surface area contributed by atoms with E-state index in [9.17, 15) is 4.79 Å². The fraction of sp³-hybridized carbons (Fsp3) is 0.417. The van der Waals surface area contributed by atoms with Crippen LogP contribution in [0.2, 0.25) is 5.02 Å². The zero-order chi connectivity index (χ0) is 12.3. The Morgan fingerprint density at radius 3 is 2.76 bits per heavy atom. The first-order chi connectivity index (χ1) is 8.16. The largest absolute Gasteiger partial charge is 0.478 e. The Hall–Kier alpha value is -0.870. The molecule has 0 saturated carbocycles. The number of carboxylic acid groups (broad SMARTS) is 1. The number of thioether (sulfide) groups is 1. The molecule has 2 N–H and O–H groups in total. The third-order valence-corrected chi connectivity index (χ3v) is 4.17. The molecule has 1 heterocycles. The van der Waals surface area contributed by atoms with Crippen LogP contribution in [-0.2, 0) is 0 Å². The van der Waals surface area contributed by atoms with Crippen molar-refractivity contribution in [3.63, 3.8) is 0 Å². The molecule has 92 valence electrons. The summed E-state index contributed by atoms with van der Waals surface area (Å²) in [6, 6.07) is 5.51. The summed E-state index contributed by atoms with van der Waals surface area (Å²) >= 11 is 7.79. The van der Waals surface area contributed by atoms with Crippen LogP contribution < -0.4 is 5.32 Å².